The number of carbonyl (C=O) groups is 1. The number of nitrogens with one attached hydrogen (secondary N) is 2. The Balaban J connectivity index is 2.00. The van der Waals surface area contributed by atoms with Gasteiger partial charge in [-0.1, -0.05) is 6.07 Å². The summed E-state index contributed by atoms with van der Waals surface area (Å²) in [6.07, 6.45) is 0.261. The van der Waals surface area contributed by atoms with Crippen LogP contribution in [0.4, 0.5) is 11.4 Å². The fraction of sp³-hybridized carbons (Fsp3) is 0.533. The third-order valence-corrected chi connectivity index (χ3v) is 3.73. The SMILES string of the molecule is Cc1ccc([N+](=O)[O-])cc1NC(=O)C[NH+]1C[C@H](C)O[C@@H](C)C1. The van der Waals surface area contributed by atoms with Crippen molar-refractivity contribution in [2.75, 3.05) is 25.0 Å². The van der Waals surface area contributed by atoms with Crippen LogP contribution in [0.15, 0.2) is 18.2 Å². The Bertz CT molecular complexity index is 566. The number of anilines is 1. The molecule has 2 rings (SSSR count). The van der Waals surface area contributed by atoms with Crippen molar-refractivity contribution in [2.24, 2.45) is 0 Å². The smallest absolute Gasteiger partial charge is 0.279 e. The number of rotatable bonds is 4. The van der Waals surface area contributed by atoms with Crippen LogP contribution in [0.2, 0.25) is 0 Å². The third kappa shape index (κ3) is 4.25. The van der Waals surface area contributed by atoms with Crippen molar-refractivity contribution >= 4 is 17.3 Å². The Kier molecular flexibility index (Phi) is 5.10. The predicted molar refractivity (Wildman–Crippen MR) is 82.0 cm³/mol. The molecule has 0 aliphatic carbocycles. The minimum atomic E-state index is -0.467. The van der Waals surface area contributed by atoms with E-state index in [4.69, 9.17) is 4.74 Å². The van der Waals surface area contributed by atoms with Crippen LogP contribution in [0.1, 0.15) is 19.4 Å². The Morgan fingerprint density at radius 2 is 2.05 bits per heavy atom. The highest BCUT2D eigenvalue weighted by Gasteiger charge is 2.27. The maximum atomic E-state index is 12.2. The largest absolute Gasteiger partial charge is 0.364 e. The van der Waals surface area contributed by atoms with Gasteiger partial charge >= 0.3 is 0 Å². The number of amides is 1. The monoisotopic (exact) mass is 308 g/mol. The van der Waals surface area contributed by atoms with Gasteiger partial charge in [-0.3, -0.25) is 14.9 Å². The van der Waals surface area contributed by atoms with Gasteiger partial charge in [-0.2, -0.15) is 0 Å². The lowest BCUT2D eigenvalue weighted by atomic mass is 10.1. The zero-order chi connectivity index (χ0) is 16.3. The van der Waals surface area contributed by atoms with E-state index in [0.29, 0.717) is 12.2 Å². The molecule has 1 saturated heterocycles. The van der Waals surface area contributed by atoms with Crippen molar-refractivity contribution in [3.05, 3.63) is 33.9 Å². The average molecular weight is 308 g/mol. The molecule has 7 nitrogen and oxygen atoms in total. The molecule has 22 heavy (non-hydrogen) atoms. The standard InChI is InChI=1S/C15H21N3O4/c1-10-4-5-13(18(20)21)6-14(10)16-15(19)9-17-7-11(2)22-12(3)8-17/h4-6,11-12H,7-9H2,1-3H3,(H,16,19)/p+1/t11-,12-/m0/s1. The molecule has 1 heterocycles. The highest BCUT2D eigenvalue weighted by atomic mass is 16.6. The van der Waals surface area contributed by atoms with Gasteiger partial charge in [-0.05, 0) is 26.3 Å². The molecule has 120 valence electrons. The molecule has 0 aromatic heterocycles. The van der Waals surface area contributed by atoms with Crippen molar-refractivity contribution < 1.29 is 19.4 Å². The summed E-state index contributed by atoms with van der Waals surface area (Å²) in [4.78, 5) is 23.7. The highest BCUT2D eigenvalue weighted by molar-refractivity contribution is 5.92. The van der Waals surface area contributed by atoms with E-state index in [1.807, 2.05) is 20.8 Å². The molecule has 7 heteroatoms. The molecule has 1 aromatic rings. The number of hydrogen-bond acceptors (Lipinski definition) is 4. The fourth-order valence-electron chi connectivity index (χ4n) is 2.81. The van der Waals surface area contributed by atoms with E-state index in [-0.39, 0.29) is 23.8 Å². The summed E-state index contributed by atoms with van der Waals surface area (Å²) in [5.41, 5.74) is 1.27. The summed E-state index contributed by atoms with van der Waals surface area (Å²) >= 11 is 0. The highest BCUT2D eigenvalue weighted by Crippen LogP contribution is 2.21. The first kappa shape index (κ1) is 16.4. The molecule has 1 amide bonds. The van der Waals surface area contributed by atoms with Crippen molar-refractivity contribution in [3.63, 3.8) is 0 Å². The normalized spacial score (nSPS) is 24.8. The minimum Gasteiger partial charge on any atom is -0.364 e. The van der Waals surface area contributed by atoms with E-state index in [2.05, 4.69) is 5.32 Å². The summed E-state index contributed by atoms with van der Waals surface area (Å²) in [5, 5.41) is 13.6. The number of nitro benzene ring substituents is 1. The lowest BCUT2D eigenvalue weighted by Crippen LogP contribution is -3.16. The first-order valence-corrected chi connectivity index (χ1v) is 7.39. The van der Waals surface area contributed by atoms with E-state index in [9.17, 15) is 14.9 Å². The number of quaternary nitrogens is 1. The van der Waals surface area contributed by atoms with Gasteiger partial charge in [0.05, 0.1) is 10.6 Å². The van der Waals surface area contributed by atoms with Gasteiger partial charge in [0.25, 0.3) is 11.6 Å². The van der Waals surface area contributed by atoms with Gasteiger partial charge in [-0.25, -0.2) is 0 Å². The number of ether oxygens (including phenoxy) is 1. The summed E-state index contributed by atoms with van der Waals surface area (Å²) in [6, 6.07) is 4.47. The van der Waals surface area contributed by atoms with Crippen molar-refractivity contribution in [1.82, 2.24) is 0 Å². The summed E-state index contributed by atoms with van der Waals surface area (Å²) < 4.78 is 5.65. The lowest BCUT2D eigenvalue weighted by molar-refractivity contribution is -0.907. The molecule has 0 spiro atoms. The topological polar surface area (TPSA) is 85.9 Å². The van der Waals surface area contributed by atoms with Gasteiger partial charge < -0.3 is 15.0 Å². The maximum absolute atomic E-state index is 12.2. The molecule has 0 bridgehead atoms. The van der Waals surface area contributed by atoms with E-state index >= 15 is 0 Å². The summed E-state index contributed by atoms with van der Waals surface area (Å²) in [7, 11) is 0. The van der Waals surface area contributed by atoms with Crippen LogP contribution in [0.25, 0.3) is 0 Å². The Morgan fingerprint density at radius 3 is 2.64 bits per heavy atom. The number of hydrogen-bond donors (Lipinski definition) is 2. The van der Waals surface area contributed by atoms with Crippen LogP contribution in [0.3, 0.4) is 0 Å². The van der Waals surface area contributed by atoms with Gasteiger partial charge in [0.15, 0.2) is 6.54 Å². The molecule has 0 radical (unpaired) electrons. The fourth-order valence-corrected chi connectivity index (χ4v) is 2.81. The maximum Gasteiger partial charge on any atom is 0.279 e. The third-order valence-electron chi connectivity index (χ3n) is 3.73. The second-order valence-electron chi connectivity index (χ2n) is 5.90. The number of morpholine rings is 1. The Morgan fingerprint density at radius 1 is 1.41 bits per heavy atom. The number of benzene rings is 1. The summed E-state index contributed by atoms with van der Waals surface area (Å²) in [5.74, 6) is -0.139. The molecule has 2 atom stereocenters. The van der Waals surface area contributed by atoms with E-state index in [1.54, 1.807) is 6.07 Å². The quantitative estimate of drug-likeness (QED) is 0.628. The molecule has 1 aliphatic heterocycles. The molecular formula is C15H22N3O4+. The predicted octanol–water partition coefficient (Wildman–Crippen LogP) is 0.534. The van der Waals surface area contributed by atoms with Crippen LogP contribution < -0.4 is 10.2 Å². The lowest BCUT2D eigenvalue weighted by Gasteiger charge is -2.31. The first-order valence-electron chi connectivity index (χ1n) is 7.39. The van der Waals surface area contributed by atoms with Crippen LogP contribution in [0, 0.1) is 17.0 Å². The molecule has 1 aliphatic rings. The second kappa shape index (κ2) is 6.85. The van der Waals surface area contributed by atoms with Crippen LogP contribution in [0.5, 0.6) is 0 Å². The van der Waals surface area contributed by atoms with E-state index < -0.39 is 4.92 Å². The first-order chi connectivity index (χ1) is 10.3. The Hall–Kier alpha value is -1.99. The number of nitro groups is 1. The molecule has 0 unspecified atom stereocenters. The number of carbonyl (C=O) groups excluding carboxylic acids is 1. The van der Waals surface area contributed by atoms with Crippen LogP contribution >= 0.6 is 0 Å². The van der Waals surface area contributed by atoms with Gasteiger partial charge in [0.2, 0.25) is 0 Å². The van der Waals surface area contributed by atoms with Crippen molar-refractivity contribution in [3.8, 4) is 0 Å². The number of aryl methyl sites for hydroxylation is 1. The van der Waals surface area contributed by atoms with Crippen LogP contribution in [-0.2, 0) is 9.53 Å². The van der Waals surface area contributed by atoms with Crippen molar-refractivity contribution in [1.29, 1.82) is 0 Å². The number of nitrogens with zero attached hydrogens (tertiary/aromatic N) is 1. The Labute approximate surface area is 129 Å². The molecule has 1 aromatic carbocycles. The van der Waals surface area contributed by atoms with Crippen molar-refractivity contribution in [2.45, 2.75) is 33.0 Å². The zero-order valence-electron chi connectivity index (χ0n) is 13.1. The zero-order valence-corrected chi connectivity index (χ0v) is 13.1. The van der Waals surface area contributed by atoms with Crippen LogP contribution in [-0.4, -0.2) is 42.7 Å². The molecule has 2 N–H and O–H groups in total. The minimum absolute atomic E-state index is 0.0261. The van der Waals surface area contributed by atoms with Gasteiger partial charge in [0.1, 0.15) is 25.3 Å². The molecule has 0 saturated carbocycles. The summed E-state index contributed by atoms with van der Waals surface area (Å²) in [6.45, 7) is 7.71. The average Bonchev–Trinajstić information content (AvgIpc) is 2.39. The number of non-ortho nitro benzene ring substituents is 1. The molecule has 1 fully saturated rings. The van der Waals surface area contributed by atoms with E-state index in [0.717, 1.165) is 23.6 Å². The van der Waals surface area contributed by atoms with Gasteiger partial charge in [-0.15, -0.1) is 0 Å². The van der Waals surface area contributed by atoms with Gasteiger partial charge in [0, 0.05) is 12.1 Å². The molecular weight excluding hydrogens is 286 g/mol. The second-order valence-corrected chi connectivity index (χ2v) is 5.90. The van der Waals surface area contributed by atoms with E-state index in [1.165, 1.54) is 12.1 Å².